The van der Waals surface area contributed by atoms with E-state index in [4.69, 9.17) is 0 Å². The van der Waals surface area contributed by atoms with Crippen LogP contribution in [0, 0.1) is 0 Å². The van der Waals surface area contributed by atoms with E-state index >= 15 is 0 Å². The molecule has 3 heteroatoms. The van der Waals surface area contributed by atoms with Crippen LogP contribution in [0.2, 0.25) is 0 Å². The molecule has 1 rings (SSSR count). The number of nitrogens with one attached hydrogen (secondary N) is 1. The van der Waals surface area contributed by atoms with E-state index in [0.29, 0.717) is 6.04 Å². The van der Waals surface area contributed by atoms with Crippen molar-refractivity contribution in [2.75, 3.05) is 19.6 Å². The molecule has 13 heavy (non-hydrogen) atoms. The number of carbonyl (C=O) groups excluding carboxylic acids is 1. The molecule has 0 spiro atoms. The zero-order chi connectivity index (χ0) is 9.52. The summed E-state index contributed by atoms with van der Waals surface area (Å²) in [7, 11) is 0. The maximum Gasteiger partial charge on any atom is 0.312 e. The number of piperazine rings is 1. The van der Waals surface area contributed by atoms with Crippen molar-refractivity contribution in [1.82, 2.24) is 10.2 Å². The molecule has 1 saturated heterocycles. The standard InChI is InChI=1S/C10H19N2O/c1-2-3-4-5-10-8-11-6-7-12(10)9-13/h10-11H,2-8H2,1H3. The largest absolute Gasteiger partial charge is 0.329 e. The first kappa shape index (κ1) is 10.5. The zero-order valence-corrected chi connectivity index (χ0v) is 8.38. The van der Waals surface area contributed by atoms with Gasteiger partial charge in [0, 0.05) is 25.7 Å². The molecule has 0 aromatic heterocycles. The van der Waals surface area contributed by atoms with Crippen LogP contribution < -0.4 is 5.32 Å². The lowest BCUT2D eigenvalue weighted by atomic mass is 10.1. The molecular formula is C10H19N2O. The minimum absolute atomic E-state index is 0.387. The molecule has 1 radical (unpaired) electrons. The molecule has 1 aliphatic heterocycles. The second-order valence-corrected chi connectivity index (χ2v) is 3.64. The first-order chi connectivity index (χ1) is 6.38. The van der Waals surface area contributed by atoms with Crippen LogP contribution >= 0.6 is 0 Å². The van der Waals surface area contributed by atoms with Crippen molar-refractivity contribution in [3.05, 3.63) is 0 Å². The number of rotatable bonds is 5. The molecular weight excluding hydrogens is 164 g/mol. The molecule has 0 aliphatic carbocycles. The van der Waals surface area contributed by atoms with Crippen molar-refractivity contribution in [3.8, 4) is 0 Å². The Bertz CT molecular complexity index is 150. The third kappa shape index (κ3) is 3.35. The van der Waals surface area contributed by atoms with E-state index in [1.807, 2.05) is 11.3 Å². The van der Waals surface area contributed by atoms with Gasteiger partial charge in [0.05, 0.1) is 0 Å². The van der Waals surface area contributed by atoms with E-state index in [1.165, 1.54) is 19.3 Å². The zero-order valence-electron chi connectivity index (χ0n) is 8.38. The number of hydrogen-bond acceptors (Lipinski definition) is 2. The van der Waals surface area contributed by atoms with Crippen LogP contribution in [0.5, 0.6) is 0 Å². The first-order valence-electron chi connectivity index (χ1n) is 5.23. The highest BCUT2D eigenvalue weighted by Gasteiger charge is 2.20. The Morgan fingerprint density at radius 2 is 2.38 bits per heavy atom. The molecule has 0 saturated carbocycles. The molecule has 1 unspecified atom stereocenters. The normalized spacial score (nSPS) is 23.2. The van der Waals surface area contributed by atoms with Gasteiger partial charge in [-0.05, 0) is 6.42 Å². The van der Waals surface area contributed by atoms with Crippen molar-refractivity contribution in [2.24, 2.45) is 0 Å². The molecule has 1 heterocycles. The molecule has 1 fully saturated rings. The van der Waals surface area contributed by atoms with Crippen molar-refractivity contribution >= 4 is 6.41 Å². The molecule has 1 atom stereocenters. The highest BCUT2D eigenvalue weighted by atomic mass is 16.1. The fourth-order valence-electron chi connectivity index (χ4n) is 1.77. The lowest BCUT2D eigenvalue weighted by molar-refractivity contribution is 0.231. The van der Waals surface area contributed by atoms with Crippen LogP contribution in [-0.4, -0.2) is 37.0 Å². The fourth-order valence-corrected chi connectivity index (χ4v) is 1.77. The smallest absolute Gasteiger partial charge is 0.312 e. The van der Waals surface area contributed by atoms with Gasteiger partial charge < -0.3 is 10.2 Å². The van der Waals surface area contributed by atoms with E-state index in [9.17, 15) is 4.79 Å². The van der Waals surface area contributed by atoms with Gasteiger partial charge in [-0.3, -0.25) is 4.79 Å². The highest BCUT2D eigenvalue weighted by molar-refractivity contribution is 5.49. The molecule has 0 aromatic rings. The van der Waals surface area contributed by atoms with Crippen LogP contribution in [0.25, 0.3) is 0 Å². The molecule has 1 aliphatic rings. The van der Waals surface area contributed by atoms with Gasteiger partial charge in [0.15, 0.2) is 0 Å². The van der Waals surface area contributed by atoms with Gasteiger partial charge in [-0.1, -0.05) is 26.2 Å². The second kappa shape index (κ2) is 5.97. The Morgan fingerprint density at radius 1 is 1.54 bits per heavy atom. The highest BCUT2D eigenvalue weighted by Crippen LogP contribution is 2.10. The lowest BCUT2D eigenvalue weighted by Crippen LogP contribution is -2.50. The van der Waals surface area contributed by atoms with Crippen LogP contribution in [-0.2, 0) is 4.79 Å². The summed E-state index contributed by atoms with van der Waals surface area (Å²) in [5, 5.41) is 3.31. The van der Waals surface area contributed by atoms with E-state index in [0.717, 1.165) is 26.1 Å². The summed E-state index contributed by atoms with van der Waals surface area (Å²) in [6.07, 6.45) is 6.88. The third-order valence-corrected chi connectivity index (χ3v) is 2.61. The summed E-state index contributed by atoms with van der Waals surface area (Å²) in [4.78, 5) is 12.4. The lowest BCUT2D eigenvalue weighted by Gasteiger charge is -2.32. The molecule has 0 bridgehead atoms. The fraction of sp³-hybridized carbons (Fsp3) is 0.900. The Morgan fingerprint density at radius 3 is 3.08 bits per heavy atom. The number of hydrogen-bond donors (Lipinski definition) is 1. The quantitative estimate of drug-likeness (QED) is 0.642. The van der Waals surface area contributed by atoms with Gasteiger partial charge >= 0.3 is 6.41 Å². The first-order valence-corrected chi connectivity index (χ1v) is 5.23. The van der Waals surface area contributed by atoms with Crippen LogP contribution in [0.3, 0.4) is 0 Å². The second-order valence-electron chi connectivity index (χ2n) is 3.64. The number of unbranched alkanes of at least 4 members (excludes halogenated alkanes) is 2. The predicted molar refractivity (Wildman–Crippen MR) is 53.2 cm³/mol. The van der Waals surface area contributed by atoms with Crippen molar-refractivity contribution < 1.29 is 4.79 Å². The monoisotopic (exact) mass is 183 g/mol. The van der Waals surface area contributed by atoms with Gasteiger partial charge in [-0.15, -0.1) is 0 Å². The van der Waals surface area contributed by atoms with Gasteiger partial charge in [-0.2, -0.15) is 0 Å². The number of nitrogens with zero attached hydrogens (tertiary/aromatic N) is 1. The molecule has 1 amide bonds. The van der Waals surface area contributed by atoms with Crippen molar-refractivity contribution in [3.63, 3.8) is 0 Å². The molecule has 75 valence electrons. The molecule has 1 N–H and O–H groups in total. The predicted octanol–water partition coefficient (Wildman–Crippen LogP) is 0.908. The summed E-state index contributed by atoms with van der Waals surface area (Å²) in [6.45, 7) is 4.88. The Balaban J connectivity index is 2.23. The van der Waals surface area contributed by atoms with Gasteiger partial charge in [0.25, 0.3) is 0 Å². The van der Waals surface area contributed by atoms with Crippen molar-refractivity contribution in [1.29, 1.82) is 0 Å². The SMILES string of the molecule is CCCCCC1CNCCN1[C]=O. The van der Waals surface area contributed by atoms with Crippen LogP contribution in [0.15, 0.2) is 0 Å². The van der Waals surface area contributed by atoms with Gasteiger partial charge in [0.1, 0.15) is 0 Å². The van der Waals surface area contributed by atoms with Crippen LogP contribution in [0.1, 0.15) is 32.6 Å². The molecule has 0 aromatic carbocycles. The van der Waals surface area contributed by atoms with E-state index in [1.54, 1.807) is 0 Å². The minimum atomic E-state index is 0.387. The van der Waals surface area contributed by atoms with Crippen molar-refractivity contribution in [2.45, 2.75) is 38.6 Å². The molecule has 3 nitrogen and oxygen atoms in total. The Kier molecular flexibility index (Phi) is 4.83. The minimum Gasteiger partial charge on any atom is -0.329 e. The topological polar surface area (TPSA) is 32.3 Å². The Labute approximate surface area is 80.5 Å². The van der Waals surface area contributed by atoms with Gasteiger partial charge in [0.2, 0.25) is 0 Å². The van der Waals surface area contributed by atoms with E-state index in [-0.39, 0.29) is 0 Å². The summed E-state index contributed by atoms with van der Waals surface area (Å²) in [6, 6.07) is 0.387. The summed E-state index contributed by atoms with van der Waals surface area (Å²) < 4.78 is 0. The summed E-state index contributed by atoms with van der Waals surface area (Å²) in [5.41, 5.74) is 0. The van der Waals surface area contributed by atoms with Gasteiger partial charge in [-0.25, -0.2) is 0 Å². The maximum absolute atomic E-state index is 10.6. The Hall–Kier alpha value is -0.570. The van der Waals surface area contributed by atoms with E-state index in [2.05, 4.69) is 12.2 Å². The van der Waals surface area contributed by atoms with Crippen LogP contribution in [0.4, 0.5) is 0 Å². The maximum atomic E-state index is 10.6. The summed E-state index contributed by atoms with van der Waals surface area (Å²) in [5.74, 6) is 0. The average Bonchev–Trinajstić information content (AvgIpc) is 2.19. The average molecular weight is 183 g/mol. The summed E-state index contributed by atoms with van der Waals surface area (Å²) >= 11 is 0. The van der Waals surface area contributed by atoms with E-state index < -0.39 is 0 Å². The third-order valence-electron chi connectivity index (χ3n) is 2.61. The number of amides is 1.